The highest BCUT2D eigenvalue weighted by Gasteiger charge is 2.19. The summed E-state index contributed by atoms with van der Waals surface area (Å²) in [4.78, 5) is 14.1. The van der Waals surface area contributed by atoms with E-state index in [1.54, 1.807) is 0 Å². The zero-order valence-corrected chi connectivity index (χ0v) is 10.9. The number of amides is 1. The van der Waals surface area contributed by atoms with Crippen LogP contribution in [0, 0.1) is 17.2 Å². The Morgan fingerprint density at radius 1 is 1.41 bits per heavy atom. The van der Waals surface area contributed by atoms with E-state index in [2.05, 4.69) is 17.1 Å². The molecule has 0 aliphatic carbocycles. The number of likely N-dealkylation sites (tertiary alicyclic amines) is 1. The summed E-state index contributed by atoms with van der Waals surface area (Å²) >= 11 is 0. The molecule has 17 heavy (non-hydrogen) atoms. The Kier molecular flexibility index (Phi) is 5.99. The van der Waals surface area contributed by atoms with Crippen molar-refractivity contribution in [2.24, 2.45) is 5.92 Å². The van der Waals surface area contributed by atoms with E-state index in [0.717, 1.165) is 13.1 Å². The van der Waals surface area contributed by atoms with Crippen molar-refractivity contribution in [3.63, 3.8) is 0 Å². The first-order valence-corrected chi connectivity index (χ1v) is 6.60. The third-order valence-corrected chi connectivity index (χ3v) is 3.47. The van der Waals surface area contributed by atoms with Crippen LogP contribution in [0.2, 0.25) is 0 Å². The highest BCUT2D eigenvalue weighted by atomic mass is 16.1. The molecule has 1 heterocycles. The summed E-state index contributed by atoms with van der Waals surface area (Å²) in [7, 11) is 0. The maximum Gasteiger partial charge on any atom is 0.237 e. The smallest absolute Gasteiger partial charge is 0.237 e. The van der Waals surface area contributed by atoms with Gasteiger partial charge < -0.3 is 5.32 Å². The highest BCUT2D eigenvalue weighted by molar-refractivity contribution is 5.80. The van der Waals surface area contributed by atoms with Gasteiger partial charge in [0.05, 0.1) is 6.07 Å². The Bertz CT molecular complexity index is 279. The number of hydrogen-bond donors (Lipinski definition) is 1. The van der Waals surface area contributed by atoms with Gasteiger partial charge in [0, 0.05) is 12.6 Å². The number of nitriles is 1. The van der Waals surface area contributed by atoms with Crippen molar-refractivity contribution in [3.8, 4) is 6.07 Å². The average Bonchev–Trinajstić information content (AvgIpc) is 2.38. The van der Waals surface area contributed by atoms with Gasteiger partial charge in [0.1, 0.15) is 5.92 Å². The normalized spacial score (nSPS) is 20.3. The van der Waals surface area contributed by atoms with Crippen LogP contribution in [0.1, 0.15) is 39.5 Å². The summed E-state index contributed by atoms with van der Waals surface area (Å²) in [5, 5.41) is 11.7. The molecule has 2 unspecified atom stereocenters. The minimum Gasteiger partial charge on any atom is -0.353 e. The van der Waals surface area contributed by atoms with Gasteiger partial charge in [0.15, 0.2) is 0 Å². The van der Waals surface area contributed by atoms with Crippen molar-refractivity contribution < 1.29 is 4.79 Å². The standard InChI is InChI=1S/C13H23N3O/c1-3-12(9-14)13(17)15-10-11(2)16-7-5-4-6-8-16/h11-12H,3-8,10H2,1-2H3,(H,15,17). The van der Waals surface area contributed by atoms with Gasteiger partial charge in [-0.15, -0.1) is 0 Å². The molecular formula is C13H23N3O. The Morgan fingerprint density at radius 2 is 2.06 bits per heavy atom. The second kappa shape index (κ2) is 7.29. The molecule has 0 aromatic rings. The van der Waals surface area contributed by atoms with Gasteiger partial charge in [-0.05, 0) is 39.3 Å². The number of rotatable bonds is 5. The highest BCUT2D eigenvalue weighted by Crippen LogP contribution is 2.11. The van der Waals surface area contributed by atoms with Crippen molar-refractivity contribution in [3.05, 3.63) is 0 Å². The molecule has 1 N–H and O–H groups in total. The second-order valence-electron chi connectivity index (χ2n) is 4.78. The maximum atomic E-state index is 11.6. The maximum absolute atomic E-state index is 11.6. The SMILES string of the molecule is CCC(C#N)C(=O)NCC(C)N1CCCCC1. The third kappa shape index (κ3) is 4.35. The summed E-state index contributed by atoms with van der Waals surface area (Å²) in [6.45, 7) is 6.91. The van der Waals surface area contributed by atoms with E-state index in [1.807, 2.05) is 13.0 Å². The van der Waals surface area contributed by atoms with Gasteiger partial charge in [-0.3, -0.25) is 9.69 Å². The second-order valence-corrected chi connectivity index (χ2v) is 4.78. The lowest BCUT2D eigenvalue weighted by molar-refractivity contribution is -0.123. The van der Waals surface area contributed by atoms with Gasteiger partial charge in [0.25, 0.3) is 0 Å². The number of nitrogens with one attached hydrogen (secondary N) is 1. The Hall–Kier alpha value is -1.08. The lowest BCUT2D eigenvalue weighted by Crippen LogP contribution is -2.45. The van der Waals surface area contributed by atoms with Crippen molar-refractivity contribution in [1.29, 1.82) is 5.26 Å². The fourth-order valence-corrected chi connectivity index (χ4v) is 2.20. The first kappa shape index (κ1) is 14.0. The number of carbonyl (C=O) groups excluding carboxylic acids is 1. The van der Waals surface area contributed by atoms with Crippen LogP contribution in [0.15, 0.2) is 0 Å². The van der Waals surface area contributed by atoms with Gasteiger partial charge in [-0.1, -0.05) is 13.3 Å². The summed E-state index contributed by atoms with van der Waals surface area (Å²) in [5.41, 5.74) is 0. The predicted octanol–water partition coefficient (Wildman–Crippen LogP) is 1.53. The summed E-state index contributed by atoms with van der Waals surface area (Å²) in [6, 6.07) is 2.40. The molecule has 4 nitrogen and oxygen atoms in total. The number of carbonyl (C=O) groups is 1. The van der Waals surface area contributed by atoms with E-state index < -0.39 is 5.92 Å². The van der Waals surface area contributed by atoms with Crippen LogP contribution < -0.4 is 5.32 Å². The van der Waals surface area contributed by atoms with Crippen molar-refractivity contribution in [2.75, 3.05) is 19.6 Å². The van der Waals surface area contributed by atoms with E-state index in [9.17, 15) is 4.79 Å². The van der Waals surface area contributed by atoms with Crippen LogP contribution in [-0.2, 0) is 4.79 Å². The minimum atomic E-state index is -0.497. The van der Waals surface area contributed by atoms with E-state index in [1.165, 1.54) is 19.3 Å². The fourth-order valence-electron chi connectivity index (χ4n) is 2.20. The first-order valence-electron chi connectivity index (χ1n) is 6.60. The van der Waals surface area contributed by atoms with E-state index >= 15 is 0 Å². The Labute approximate surface area is 104 Å². The predicted molar refractivity (Wildman–Crippen MR) is 67.3 cm³/mol. The van der Waals surface area contributed by atoms with Crippen LogP contribution in [0.25, 0.3) is 0 Å². The fraction of sp³-hybridized carbons (Fsp3) is 0.846. The zero-order chi connectivity index (χ0) is 12.7. The molecule has 0 saturated carbocycles. The van der Waals surface area contributed by atoms with Gasteiger partial charge >= 0.3 is 0 Å². The molecule has 96 valence electrons. The molecule has 1 fully saturated rings. The van der Waals surface area contributed by atoms with E-state index in [-0.39, 0.29) is 5.91 Å². The molecule has 1 amide bonds. The van der Waals surface area contributed by atoms with Crippen LogP contribution in [0.3, 0.4) is 0 Å². The average molecular weight is 237 g/mol. The van der Waals surface area contributed by atoms with Crippen LogP contribution >= 0.6 is 0 Å². The molecule has 1 aliphatic rings. The molecule has 4 heteroatoms. The zero-order valence-electron chi connectivity index (χ0n) is 10.9. The Morgan fingerprint density at radius 3 is 2.59 bits per heavy atom. The summed E-state index contributed by atoms with van der Waals surface area (Å²) < 4.78 is 0. The lowest BCUT2D eigenvalue weighted by atomic mass is 10.1. The number of nitrogens with zero attached hydrogens (tertiary/aromatic N) is 2. The van der Waals surface area contributed by atoms with Crippen LogP contribution in [0.4, 0.5) is 0 Å². The number of hydrogen-bond acceptors (Lipinski definition) is 3. The summed E-state index contributed by atoms with van der Waals surface area (Å²) in [5.74, 6) is -0.623. The molecule has 1 rings (SSSR count). The van der Waals surface area contributed by atoms with Gasteiger partial charge in [-0.2, -0.15) is 5.26 Å². The number of piperidine rings is 1. The first-order chi connectivity index (χ1) is 8.19. The molecule has 0 aromatic heterocycles. The van der Waals surface area contributed by atoms with Crippen LogP contribution in [0.5, 0.6) is 0 Å². The third-order valence-electron chi connectivity index (χ3n) is 3.47. The molecule has 0 radical (unpaired) electrons. The molecule has 2 atom stereocenters. The van der Waals surface area contributed by atoms with Crippen molar-refractivity contribution >= 4 is 5.91 Å². The molecule has 1 aliphatic heterocycles. The Balaban J connectivity index is 2.29. The van der Waals surface area contributed by atoms with Crippen molar-refractivity contribution in [1.82, 2.24) is 10.2 Å². The van der Waals surface area contributed by atoms with Crippen molar-refractivity contribution in [2.45, 2.75) is 45.6 Å². The van der Waals surface area contributed by atoms with E-state index in [0.29, 0.717) is 19.0 Å². The lowest BCUT2D eigenvalue weighted by Gasteiger charge is -2.32. The molecule has 1 saturated heterocycles. The van der Waals surface area contributed by atoms with Gasteiger partial charge in [0.2, 0.25) is 5.91 Å². The topological polar surface area (TPSA) is 56.1 Å². The largest absolute Gasteiger partial charge is 0.353 e. The monoisotopic (exact) mass is 237 g/mol. The van der Waals surface area contributed by atoms with E-state index in [4.69, 9.17) is 5.26 Å². The quantitative estimate of drug-likeness (QED) is 0.789. The molecule has 0 aromatic carbocycles. The summed E-state index contributed by atoms with van der Waals surface area (Å²) in [6.07, 6.45) is 4.42. The van der Waals surface area contributed by atoms with Crippen LogP contribution in [-0.4, -0.2) is 36.5 Å². The molecular weight excluding hydrogens is 214 g/mol. The molecule has 0 spiro atoms. The molecule has 0 bridgehead atoms. The minimum absolute atomic E-state index is 0.126. The van der Waals surface area contributed by atoms with Gasteiger partial charge in [-0.25, -0.2) is 0 Å².